The van der Waals surface area contributed by atoms with E-state index in [2.05, 4.69) is 22.2 Å². The first-order valence-electron chi connectivity index (χ1n) is 11.5. The van der Waals surface area contributed by atoms with Gasteiger partial charge in [-0.25, -0.2) is 8.78 Å². The number of hydrogen-bond acceptors (Lipinski definition) is 4. The molecule has 0 amide bonds. The maximum Gasteiger partial charge on any atom is 0.573 e. The molecule has 3 aliphatic rings. The number of piperidine rings is 1. The van der Waals surface area contributed by atoms with Gasteiger partial charge in [-0.3, -0.25) is 0 Å². The summed E-state index contributed by atoms with van der Waals surface area (Å²) in [6, 6.07) is 14.1. The molecule has 2 aromatic rings. The van der Waals surface area contributed by atoms with Crippen molar-refractivity contribution < 1.29 is 36.2 Å². The second kappa shape index (κ2) is 8.68. The highest BCUT2D eigenvalue weighted by Gasteiger charge is 2.62. The smallest absolute Gasteiger partial charge is 0.487 e. The van der Waals surface area contributed by atoms with Crippen molar-refractivity contribution in [3.05, 3.63) is 59.7 Å². The minimum Gasteiger partial charge on any atom is -0.487 e. The topological polar surface area (TPSA) is 39.7 Å². The van der Waals surface area contributed by atoms with Crippen molar-refractivity contribution in [2.45, 2.75) is 68.0 Å². The van der Waals surface area contributed by atoms with Crippen LogP contribution < -0.4 is 14.8 Å². The van der Waals surface area contributed by atoms with Crippen LogP contribution in [-0.2, 0) is 10.3 Å². The van der Waals surface area contributed by atoms with E-state index in [9.17, 15) is 22.0 Å². The van der Waals surface area contributed by atoms with E-state index in [4.69, 9.17) is 9.47 Å². The lowest BCUT2D eigenvalue weighted by Gasteiger charge is -2.50. The van der Waals surface area contributed by atoms with Crippen LogP contribution >= 0.6 is 0 Å². The molecule has 3 aliphatic heterocycles. The predicted molar refractivity (Wildman–Crippen MR) is 114 cm³/mol. The van der Waals surface area contributed by atoms with Crippen molar-refractivity contribution in [2.24, 2.45) is 0 Å². The average Bonchev–Trinajstić information content (AvgIpc) is 3.39. The molecule has 3 saturated heterocycles. The molecule has 3 fully saturated rings. The number of halogens is 5. The second-order valence-electron chi connectivity index (χ2n) is 9.35. The molecule has 0 saturated carbocycles. The summed E-state index contributed by atoms with van der Waals surface area (Å²) in [5, 5.41) is 3.79. The molecule has 1 N–H and O–H groups in total. The predicted octanol–water partition coefficient (Wildman–Crippen LogP) is 5.91. The largest absolute Gasteiger partial charge is 0.573 e. The fourth-order valence-corrected chi connectivity index (χ4v) is 6.07. The first-order valence-corrected chi connectivity index (χ1v) is 11.5. The highest BCUT2D eigenvalue weighted by molar-refractivity contribution is 5.44. The van der Waals surface area contributed by atoms with Crippen molar-refractivity contribution in [3.63, 3.8) is 0 Å². The second-order valence-corrected chi connectivity index (χ2v) is 9.35. The number of fused-ring (bicyclic) bond motifs is 3. The molecular formula is C25H26F5NO3. The van der Waals surface area contributed by atoms with Crippen molar-refractivity contribution in [1.82, 2.24) is 5.32 Å². The average molecular weight is 483 g/mol. The maximum absolute atomic E-state index is 12.8. The molecule has 4 nitrogen and oxygen atoms in total. The number of ether oxygens (including phenoxy) is 3. The summed E-state index contributed by atoms with van der Waals surface area (Å²) < 4.78 is 80.1. The fraction of sp³-hybridized carbons (Fsp3) is 0.520. The first kappa shape index (κ1) is 23.4. The number of hydrogen-bond donors (Lipinski definition) is 1. The lowest BCUT2D eigenvalue weighted by atomic mass is 9.67. The minimum atomic E-state index is -4.86. The minimum absolute atomic E-state index is 0.127. The fourth-order valence-electron chi connectivity index (χ4n) is 6.07. The van der Waals surface area contributed by atoms with Gasteiger partial charge in [0.05, 0.1) is 17.7 Å². The van der Waals surface area contributed by atoms with Gasteiger partial charge in [0.15, 0.2) is 0 Å². The Balaban J connectivity index is 1.49. The number of benzene rings is 2. The van der Waals surface area contributed by atoms with E-state index in [1.165, 1.54) is 12.1 Å². The van der Waals surface area contributed by atoms with Gasteiger partial charge in [0, 0.05) is 17.5 Å². The molecule has 1 spiro atoms. The standard InChI is InChI=1S/C25H26F5NO3/c26-22(27)15-32-21-7-6-19(34-25(28,29)30)12-20(21)16-13-23(33-14-16)10-8-18-9-11-24(23,31-18)17-4-2-1-3-5-17/h1-7,12,16,18,22,31H,8-11,13-15H2. The molecule has 0 radical (unpaired) electrons. The van der Waals surface area contributed by atoms with E-state index in [0.29, 0.717) is 18.0 Å². The van der Waals surface area contributed by atoms with Gasteiger partial charge in [0.1, 0.15) is 18.1 Å². The zero-order chi connectivity index (χ0) is 24.0. The van der Waals surface area contributed by atoms with Crippen LogP contribution in [0.2, 0.25) is 0 Å². The lowest BCUT2D eigenvalue weighted by molar-refractivity contribution is -0.274. The van der Waals surface area contributed by atoms with E-state index in [-0.39, 0.29) is 18.3 Å². The van der Waals surface area contributed by atoms with Crippen molar-refractivity contribution in [2.75, 3.05) is 13.2 Å². The van der Waals surface area contributed by atoms with Crippen LogP contribution in [0.1, 0.15) is 49.1 Å². The Morgan fingerprint density at radius 3 is 2.56 bits per heavy atom. The van der Waals surface area contributed by atoms with Gasteiger partial charge >= 0.3 is 6.36 Å². The summed E-state index contributed by atoms with van der Waals surface area (Å²) >= 11 is 0. The molecule has 9 heteroatoms. The molecule has 3 heterocycles. The number of nitrogens with one attached hydrogen (secondary N) is 1. The third-order valence-electron chi connectivity index (χ3n) is 7.42. The Hall–Kier alpha value is -2.39. The van der Waals surface area contributed by atoms with Gasteiger partial charge in [0.25, 0.3) is 6.43 Å². The Morgan fingerprint density at radius 2 is 1.82 bits per heavy atom. The SMILES string of the molecule is FC(F)COc1ccc(OC(F)(F)F)cc1C1COC2(CCC3CCC2(c2ccccc2)N3)C1. The summed E-state index contributed by atoms with van der Waals surface area (Å²) in [4.78, 5) is 0. The van der Waals surface area contributed by atoms with Crippen molar-refractivity contribution >= 4 is 0 Å². The van der Waals surface area contributed by atoms with Crippen LogP contribution in [0.15, 0.2) is 48.5 Å². The van der Waals surface area contributed by atoms with E-state index >= 15 is 0 Å². The Morgan fingerprint density at radius 1 is 1.06 bits per heavy atom. The lowest BCUT2D eigenvalue weighted by Crippen LogP contribution is -2.61. The summed E-state index contributed by atoms with van der Waals surface area (Å²) in [6.45, 7) is -0.593. The number of alkyl halides is 5. The van der Waals surface area contributed by atoms with E-state index < -0.39 is 36.3 Å². The first-order chi connectivity index (χ1) is 16.2. The van der Waals surface area contributed by atoms with E-state index in [1.54, 1.807) is 0 Å². The summed E-state index contributed by atoms with van der Waals surface area (Å²) in [5.41, 5.74) is 0.548. The van der Waals surface area contributed by atoms with Crippen LogP contribution in [0, 0.1) is 0 Å². The van der Waals surface area contributed by atoms with E-state index in [1.807, 2.05) is 18.2 Å². The van der Waals surface area contributed by atoms with Gasteiger partial charge in [-0.2, -0.15) is 0 Å². The van der Waals surface area contributed by atoms with Crippen LogP contribution in [0.25, 0.3) is 0 Å². The van der Waals surface area contributed by atoms with Crippen LogP contribution in [0.5, 0.6) is 11.5 Å². The van der Waals surface area contributed by atoms with Crippen LogP contribution in [-0.4, -0.2) is 37.6 Å². The number of rotatable bonds is 6. The molecule has 0 aromatic heterocycles. The Labute approximate surface area is 194 Å². The van der Waals surface area contributed by atoms with Gasteiger partial charge in [-0.1, -0.05) is 30.3 Å². The normalized spacial score (nSPS) is 30.8. The van der Waals surface area contributed by atoms with Crippen molar-refractivity contribution in [1.29, 1.82) is 0 Å². The zero-order valence-electron chi connectivity index (χ0n) is 18.4. The molecule has 184 valence electrons. The summed E-state index contributed by atoms with van der Waals surface area (Å²) in [6.07, 6.45) is -3.39. The van der Waals surface area contributed by atoms with Crippen molar-refractivity contribution in [3.8, 4) is 11.5 Å². The quantitative estimate of drug-likeness (QED) is 0.519. The summed E-state index contributed by atoms with van der Waals surface area (Å²) in [5.74, 6) is -0.611. The highest BCUT2D eigenvalue weighted by atomic mass is 19.4. The molecular weight excluding hydrogens is 457 g/mol. The highest BCUT2D eigenvalue weighted by Crippen LogP contribution is 2.58. The molecule has 0 aliphatic carbocycles. The van der Waals surface area contributed by atoms with Gasteiger partial charge in [0.2, 0.25) is 0 Å². The summed E-state index contributed by atoms with van der Waals surface area (Å²) in [7, 11) is 0. The third kappa shape index (κ3) is 4.24. The molecule has 4 atom stereocenters. The molecule has 34 heavy (non-hydrogen) atoms. The zero-order valence-corrected chi connectivity index (χ0v) is 18.4. The van der Waals surface area contributed by atoms with Gasteiger partial charge in [-0.15, -0.1) is 13.2 Å². The monoisotopic (exact) mass is 483 g/mol. The van der Waals surface area contributed by atoms with Crippen LogP contribution in [0.4, 0.5) is 22.0 Å². The van der Waals surface area contributed by atoms with Gasteiger partial charge < -0.3 is 19.5 Å². The van der Waals surface area contributed by atoms with Crippen LogP contribution in [0.3, 0.4) is 0 Å². The molecule has 2 bridgehead atoms. The Kier molecular flexibility index (Phi) is 5.96. The third-order valence-corrected chi connectivity index (χ3v) is 7.42. The van der Waals surface area contributed by atoms with Gasteiger partial charge in [-0.05, 0) is 55.9 Å². The molecule has 5 rings (SSSR count). The molecule has 4 unspecified atom stereocenters. The Bertz CT molecular complexity index is 1020. The maximum atomic E-state index is 12.8. The molecule has 2 aromatic carbocycles. The van der Waals surface area contributed by atoms with E-state index in [0.717, 1.165) is 37.3 Å².